The normalized spacial score (nSPS) is 10.5. The zero-order chi connectivity index (χ0) is 11.0. The number of carboxylic acid groups (broad SMARTS) is 1. The quantitative estimate of drug-likeness (QED) is 0.723. The molecule has 15 heavy (non-hydrogen) atoms. The molecular formula is C10H8N2O3. The molecule has 2 N–H and O–H groups in total. The second kappa shape index (κ2) is 3.20. The number of aryl methyl sites for hydroxylation is 1. The van der Waals surface area contributed by atoms with E-state index in [9.17, 15) is 9.59 Å². The first-order chi connectivity index (χ1) is 7.09. The lowest BCUT2D eigenvalue weighted by Gasteiger charge is -1.99. The van der Waals surface area contributed by atoms with Gasteiger partial charge in [-0.15, -0.1) is 0 Å². The molecule has 0 aliphatic carbocycles. The van der Waals surface area contributed by atoms with Crippen molar-refractivity contribution in [1.82, 2.24) is 10.2 Å². The molecule has 0 saturated heterocycles. The fourth-order valence-corrected chi connectivity index (χ4v) is 1.39. The van der Waals surface area contributed by atoms with Gasteiger partial charge in [-0.05, 0) is 24.6 Å². The fourth-order valence-electron chi connectivity index (χ4n) is 1.39. The lowest BCUT2D eigenvalue weighted by Crippen LogP contribution is -2.18. The molecular weight excluding hydrogens is 196 g/mol. The van der Waals surface area contributed by atoms with E-state index < -0.39 is 17.1 Å². The van der Waals surface area contributed by atoms with Crippen molar-refractivity contribution >= 4 is 16.9 Å². The van der Waals surface area contributed by atoms with E-state index >= 15 is 0 Å². The molecule has 76 valence electrons. The molecule has 0 saturated carbocycles. The number of nitrogens with one attached hydrogen (secondary N) is 1. The Labute approximate surface area is 84.4 Å². The summed E-state index contributed by atoms with van der Waals surface area (Å²) in [6, 6.07) is 5.09. The van der Waals surface area contributed by atoms with Gasteiger partial charge in [0.05, 0.1) is 5.52 Å². The molecule has 0 aliphatic rings. The van der Waals surface area contributed by atoms with Gasteiger partial charge in [0.25, 0.3) is 0 Å². The number of carboxylic acids is 1. The number of aromatic amines is 1. The minimum absolute atomic E-state index is 0.341. The molecule has 1 aromatic carbocycles. The zero-order valence-corrected chi connectivity index (χ0v) is 7.94. The number of aromatic carboxylic acids is 1. The summed E-state index contributed by atoms with van der Waals surface area (Å²) in [5, 5.41) is 15.1. The Balaban J connectivity index is 2.86. The molecule has 2 aromatic rings. The summed E-state index contributed by atoms with van der Waals surface area (Å²) in [7, 11) is 0. The molecule has 2 rings (SSSR count). The van der Waals surface area contributed by atoms with Crippen LogP contribution in [0.3, 0.4) is 0 Å². The first kappa shape index (κ1) is 9.39. The van der Waals surface area contributed by atoms with Gasteiger partial charge in [-0.25, -0.2) is 4.79 Å². The van der Waals surface area contributed by atoms with Crippen LogP contribution in [0.1, 0.15) is 16.1 Å². The third-order valence-electron chi connectivity index (χ3n) is 2.13. The maximum absolute atomic E-state index is 11.6. The van der Waals surface area contributed by atoms with Crippen LogP contribution in [0.2, 0.25) is 0 Å². The van der Waals surface area contributed by atoms with Crippen LogP contribution in [0, 0.1) is 6.92 Å². The summed E-state index contributed by atoms with van der Waals surface area (Å²) in [6.07, 6.45) is 0. The Morgan fingerprint density at radius 2 is 2.20 bits per heavy atom. The average Bonchev–Trinajstić information content (AvgIpc) is 2.17. The second-order valence-electron chi connectivity index (χ2n) is 3.26. The molecule has 0 radical (unpaired) electrons. The number of hydrogen-bond donors (Lipinski definition) is 2. The van der Waals surface area contributed by atoms with Gasteiger partial charge in [0.2, 0.25) is 11.1 Å². The highest BCUT2D eigenvalue weighted by atomic mass is 16.4. The molecule has 5 heteroatoms. The van der Waals surface area contributed by atoms with E-state index in [4.69, 9.17) is 5.11 Å². The van der Waals surface area contributed by atoms with Crippen LogP contribution in [-0.2, 0) is 0 Å². The summed E-state index contributed by atoms with van der Waals surface area (Å²) < 4.78 is 0. The molecule has 0 spiro atoms. The van der Waals surface area contributed by atoms with Gasteiger partial charge in [-0.2, -0.15) is 5.10 Å². The minimum Gasteiger partial charge on any atom is -0.476 e. The first-order valence-electron chi connectivity index (χ1n) is 4.32. The number of hydrogen-bond acceptors (Lipinski definition) is 3. The number of carbonyl (C=O) groups is 1. The number of H-pyrrole nitrogens is 1. The average molecular weight is 204 g/mol. The van der Waals surface area contributed by atoms with Gasteiger partial charge in [0, 0.05) is 5.39 Å². The van der Waals surface area contributed by atoms with E-state index in [1.807, 2.05) is 6.92 Å². The summed E-state index contributed by atoms with van der Waals surface area (Å²) in [5.41, 5.74) is 0.482. The third kappa shape index (κ3) is 1.48. The summed E-state index contributed by atoms with van der Waals surface area (Å²) >= 11 is 0. The Morgan fingerprint density at radius 3 is 2.87 bits per heavy atom. The van der Waals surface area contributed by atoms with E-state index in [1.165, 1.54) is 0 Å². The second-order valence-corrected chi connectivity index (χ2v) is 3.26. The molecule has 0 aliphatic heterocycles. The van der Waals surface area contributed by atoms with Crippen LogP contribution < -0.4 is 5.43 Å². The van der Waals surface area contributed by atoms with Crippen molar-refractivity contribution in [2.75, 3.05) is 0 Å². The van der Waals surface area contributed by atoms with Crippen LogP contribution >= 0.6 is 0 Å². The van der Waals surface area contributed by atoms with Crippen molar-refractivity contribution in [3.8, 4) is 0 Å². The van der Waals surface area contributed by atoms with Crippen LogP contribution in [0.4, 0.5) is 0 Å². The van der Waals surface area contributed by atoms with Crippen molar-refractivity contribution in [3.63, 3.8) is 0 Å². The lowest BCUT2D eigenvalue weighted by molar-refractivity contribution is 0.0688. The topological polar surface area (TPSA) is 83.1 Å². The van der Waals surface area contributed by atoms with E-state index in [2.05, 4.69) is 10.2 Å². The molecule has 0 amide bonds. The Kier molecular flexibility index (Phi) is 2.00. The summed E-state index contributed by atoms with van der Waals surface area (Å²) in [4.78, 5) is 22.3. The molecule has 0 unspecified atom stereocenters. The largest absolute Gasteiger partial charge is 0.476 e. The third-order valence-corrected chi connectivity index (χ3v) is 2.13. The van der Waals surface area contributed by atoms with Gasteiger partial charge >= 0.3 is 5.97 Å². The molecule has 0 bridgehead atoms. The van der Waals surface area contributed by atoms with Crippen LogP contribution in [0.5, 0.6) is 0 Å². The highest BCUT2D eigenvalue weighted by Crippen LogP contribution is 2.08. The Morgan fingerprint density at radius 1 is 1.47 bits per heavy atom. The van der Waals surface area contributed by atoms with Crippen molar-refractivity contribution in [1.29, 1.82) is 0 Å². The van der Waals surface area contributed by atoms with Crippen LogP contribution in [-0.4, -0.2) is 21.3 Å². The van der Waals surface area contributed by atoms with Crippen molar-refractivity contribution in [2.45, 2.75) is 6.92 Å². The number of fused-ring (bicyclic) bond motifs is 1. The van der Waals surface area contributed by atoms with E-state index in [0.29, 0.717) is 10.9 Å². The summed E-state index contributed by atoms with van der Waals surface area (Å²) in [5.74, 6) is -1.32. The Bertz CT molecular complexity index is 601. The maximum atomic E-state index is 11.6. The molecule has 1 aromatic heterocycles. The number of aromatic nitrogens is 2. The van der Waals surface area contributed by atoms with Gasteiger partial charge < -0.3 is 5.11 Å². The standard InChI is InChI=1S/C10H8N2O3/c1-5-2-3-6-7(4-5)11-12-8(9(6)13)10(14)15/h2-4H,1H3,(H,11,13)(H,14,15). The van der Waals surface area contributed by atoms with E-state index in [-0.39, 0.29) is 0 Å². The zero-order valence-electron chi connectivity index (χ0n) is 7.94. The summed E-state index contributed by atoms with van der Waals surface area (Å²) in [6.45, 7) is 1.88. The SMILES string of the molecule is Cc1ccc2c(=O)c(C(=O)O)n[nH]c2c1. The van der Waals surface area contributed by atoms with Crippen molar-refractivity contribution in [3.05, 3.63) is 39.7 Å². The van der Waals surface area contributed by atoms with Crippen LogP contribution in [0.15, 0.2) is 23.0 Å². The molecule has 0 atom stereocenters. The smallest absolute Gasteiger partial charge is 0.360 e. The Hall–Kier alpha value is -2.17. The highest BCUT2D eigenvalue weighted by molar-refractivity contribution is 5.90. The predicted octanol–water partition coefficient (Wildman–Crippen LogP) is 0.930. The van der Waals surface area contributed by atoms with Crippen LogP contribution in [0.25, 0.3) is 10.9 Å². The first-order valence-corrected chi connectivity index (χ1v) is 4.32. The molecule has 5 nitrogen and oxygen atoms in total. The van der Waals surface area contributed by atoms with Gasteiger partial charge in [-0.3, -0.25) is 9.89 Å². The molecule has 0 fully saturated rings. The predicted molar refractivity (Wildman–Crippen MR) is 54.1 cm³/mol. The number of benzene rings is 1. The van der Waals surface area contributed by atoms with Gasteiger partial charge in [0.1, 0.15) is 0 Å². The fraction of sp³-hybridized carbons (Fsp3) is 0.100. The minimum atomic E-state index is -1.32. The van der Waals surface area contributed by atoms with Gasteiger partial charge in [0.15, 0.2) is 0 Å². The monoisotopic (exact) mass is 204 g/mol. The van der Waals surface area contributed by atoms with Gasteiger partial charge in [-0.1, -0.05) is 6.07 Å². The van der Waals surface area contributed by atoms with Crippen molar-refractivity contribution < 1.29 is 9.90 Å². The lowest BCUT2D eigenvalue weighted by atomic mass is 10.1. The number of rotatable bonds is 1. The maximum Gasteiger partial charge on any atom is 0.360 e. The van der Waals surface area contributed by atoms with E-state index in [0.717, 1.165) is 5.56 Å². The molecule has 1 heterocycles. The van der Waals surface area contributed by atoms with Crippen molar-refractivity contribution in [2.24, 2.45) is 0 Å². The number of nitrogens with zero attached hydrogens (tertiary/aromatic N) is 1. The highest BCUT2D eigenvalue weighted by Gasteiger charge is 2.12. The van der Waals surface area contributed by atoms with E-state index in [1.54, 1.807) is 18.2 Å².